The van der Waals surface area contributed by atoms with Gasteiger partial charge >= 0.3 is 5.97 Å². The number of carbonyl (C=O) groups excluding carboxylic acids is 3. The highest BCUT2D eigenvalue weighted by Gasteiger charge is 2.62. The van der Waals surface area contributed by atoms with Crippen LogP contribution in [0.25, 0.3) is 0 Å². The van der Waals surface area contributed by atoms with Crippen LogP contribution in [0.2, 0.25) is 0 Å². The first-order valence-electron chi connectivity index (χ1n) is 11.0. The lowest BCUT2D eigenvalue weighted by atomic mass is 9.63. The van der Waals surface area contributed by atoms with Crippen molar-refractivity contribution in [3.8, 4) is 0 Å². The molecule has 1 aliphatic carbocycles. The van der Waals surface area contributed by atoms with Gasteiger partial charge in [0.2, 0.25) is 11.8 Å². The maximum atomic E-state index is 13.7. The van der Waals surface area contributed by atoms with Crippen molar-refractivity contribution in [1.29, 1.82) is 0 Å². The highest BCUT2D eigenvalue weighted by atomic mass is 16.5. The number of hydrogen-bond acceptors (Lipinski definition) is 6. The summed E-state index contributed by atoms with van der Waals surface area (Å²) < 4.78 is 11.2. The molecule has 0 aromatic heterocycles. The van der Waals surface area contributed by atoms with E-state index in [-0.39, 0.29) is 41.8 Å². The van der Waals surface area contributed by atoms with E-state index >= 15 is 0 Å². The number of Topliss-reactive ketones (excluding diaryl/α,β-unsaturated/α-hetero) is 1. The molecule has 2 aromatic rings. The number of anilines is 1. The topological polar surface area (TPSA) is 108 Å². The van der Waals surface area contributed by atoms with Crippen molar-refractivity contribution in [1.82, 2.24) is 0 Å². The SMILES string of the molecule is CCOC(=O)C1=C(N)OC2=C(C(=O)C[C@H](c3ccccc3C)C2)[C@@]12C(=O)Nc1ccccc12. The molecule has 5 rings (SSSR count). The number of aryl methyl sites for hydroxylation is 1. The second kappa shape index (κ2) is 7.62. The molecule has 1 amide bonds. The quantitative estimate of drug-likeness (QED) is 0.703. The number of para-hydroxylation sites is 1. The molecule has 3 N–H and O–H groups in total. The summed E-state index contributed by atoms with van der Waals surface area (Å²) >= 11 is 0. The van der Waals surface area contributed by atoms with Crippen molar-refractivity contribution in [2.75, 3.05) is 11.9 Å². The summed E-state index contributed by atoms with van der Waals surface area (Å²) in [7, 11) is 0. The zero-order valence-corrected chi connectivity index (χ0v) is 18.4. The van der Waals surface area contributed by atoms with Crippen LogP contribution < -0.4 is 11.1 Å². The summed E-state index contributed by atoms with van der Waals surface area (Å²) in [6, 6.07) is 14.9. The highest BCUT2D eigenvalue weighted by Crippen LogP contribution is 2.55. The van der Waals surface area contributed by atoms with E-state index in [1.165, 1.54) is 0 Å². The van der Waals surface area contributed by atoms with Crippen molar-refractivity contribution in [2.45, 2.75) is 38.0 Å². The zero-order valence-electron chi connectivity index (χ0n) is 18.4. The number of rotatable bonds is 3. The molecule has 0 radical (unpaired) electrons. The molecule has 7 nitrogen and oxygen atoms in total. The first-order chi connectivity index (χ1) is 15.9. The van der Waals surface area contributed by atoms with Crippen molar-refractivity contribution < 1.29 is 23.9 Å². The Balaban J connectivity index is 1.73. The number of allylic oxidation sites excluding steroid dienone is 1. The van der Waals surface area contributed by atoms with Crippen molar-refractivity contribution >= 4 is 23.3 Å². The number of ketones is 1. The van der Waals surface area contributed by atoms with Gasteiger partial charge in [0.1, 0.15) is 16.7 Å². The van der Waals surface area contributed by atoms with Crippen LogP contribution in [0.1, 0.15) is 42.4 Å². The second-order valence-corrected chi connectivity index (χ2v) is 8.49. The Morgan fingerprint density at radius 1 is 1.15 bits per heavy atom. The van der Waals surface area contributed by atoms with E-state index in [0.717, 1.165) is 11.1 Å². The van der Waals surface area contributed by atoms with Crippen molar-refractivity contribution in [3.05, 3.63) is 88.0 Å². The number of carbonyl (C=O) groups is 3. The van der Waals surface area contributed by atoms with Gasteiger partial charge in [-0.15, -0.1) is 0 Å². The Hall–Kier alpha value is -3.87. The van der Waals surface area contributed by atoms with E-state index < -0.39 is 17.3 Å². The van der Waals surface area contributed by atoms with E-state index in [1.54, 1.807) is 31.2 Å². The van der Waals surface area contributed by atoms with E-state index in [9.17, 15) is 14.4 Å². The minimum atomic E-state index is -1.70. The maximum Gasteiger partial charge on any atom is 0.341 e. The average molecular weight is 444 g/mol. The molecule has 33 heavy (non-hydrogen) atoms. The molecule has 2 heterocycles. The molecule has 0 fully saturated rings. The smallest absolute Gasteiger partial charge is 0.341 e. The number of esters is 1. The van der Waals surface area contributed by atoms with Gasteiger partial charge in [0.25, 0.3) is 0 Å². The number of fused-ring (bicyclic) bond motifs is 3. The van der Waals surface area contributed by atoms with Crippen LogP contribution in [0.15, 0.2) is 71.3 Å². The molecule has 0 saturated heterocycles. The normalized spacial score (nSPS) is 23.8. The Morgan fingerprint density at radius 2 is 1.88 bits per heavy atom. The average Bonchev–Trinajstić information content (AvgIpc) is 3.06. The first kappa shape index (κ1) is 21.0. The molecule has 0 bridgehead atoms. The lowest BCUT2D eigenvalue weighted by molar-refractivity contribution is -0.141. The summed E-state index contributed by atoms with van der Waals surface area (Å²) in [5, 5.41) is 2.83. The molecule has 0 unspecified atom stereocenters. The first-order valence-corrected chi connectivity index (χ1v) is 11.0. The third kappa shape index (κ3) is 2.92. The van der Waals surface area contributed by atoms with Gasteiger partial charge in [-0.05, 0) is 37.0 Å². The predicted molar refractivity (Wildman–Crippen MR) is 121 cm³/mol. The predicted octanol–water partition coefficient (Wildman–Crippen LogP) is 3.35. The Morgan fingerprint density at radius 3 is 2.64 bits per heavy atom. The Bertz CT molecular complexity index is 1270. The highest BCUT2D eigenvalue weighted by molar-refractivity contribution is 6.22. The number of nitrogens with two attached hydrogens (primary N) is 1. The minimum absolute atomic E-state index is 0.0875. The van der Waals surface area contributed by atoms with E-state index in [4.69, 9.17) is 15.2 Å². The van der Waals surface area contributed by atoms with Gasteiger partial charge in [0, 0.05) is 24.1 Å². The Labute approximate surface area is 191 Å². The summed E-state index contributed by atoms with van der Waals surface area (Å²) in [5.41, 5.74) is 7.76. The van der Waals surface area contributed by atoms with Crippen molar-refractivity contribution in [3.63, 3.8) is 0 Å². The second-order valence-electron chi connectivity index (χ2n) is 8.49. The molecule has 3 aliphatic rings. The zero-order chi connectivity index (χ0) is 23.3. The van der Waals surface area contributed by atoms with Gasteiger partial charge in [-0.2, -0.15) is 0 Å². The van der Waals surface area contributed by atoms with E-state index in [0.29, 0.717) is 23.4 Å². The van der Waals surface area contributed by atoms with Gasteiger partial charge < -0.3 is 20.5 Å². The number of hydrogen-bond donors (Lipinski definition) is 2. The molecule has 2 aliphatic heterocycles. The fourth-order valence-corrected chi connectivity index (χ4v) is 5.36. The number of ether oxygens (including phenoxy) is 2. The van der Waals surface area contributed by atoms with Gasteiger partial charge in [-0.25, -0.2) is 4.79 Å². The summed E-state index contributed by atoms with van der Waals surface area (Å²) in [6.07, 6.45) is 0.584. The molecular weight excluding hydrogens is 420 g/mol. The number of amides is 1. The molecule has 0 saturated carbocycles. The maximum absolute atomic E-state index is 13.7. The van der Waals surface area contributed by atoms with Crippen LogP contribution in [0.4, 0.5) is 5.69 Å². The molecule has 1 spiro atoms. The minimum Gasteiger partial charge on any atom is -0.462 e. The monoisotopic (exact) mass is 444 g/mol. The Kier molecular flexibility index (Phi) is 4.85. The lowest BCUT2D eigenvalue weighted by Gasteiger charge is -2.40. The van der Waals surface area contributed by atoms with Gasteiger partial charge in [0.15, 0.2) is 5.78 Å². The molecule has 7 heteroatoms. The standard InChI is InChI=1S/C26H24N2O5/c1-3-32-24(30)22-23(27)33-20-13-15(16-9-5-4-8-14(16)2)12-19(29)21(20)26(22)17-10-6-7-11-18(17)28-25(26)31/h4-11,15H,3,12-13,27H2,1-2H3,(H,28,31)/t15-,26+/m0/s1. The van der Waals surface area contributed by atoms with E-state index in [1.807, 2.05) is 31.2 Å². The van der Waals surface area contributed by atoms with E-state index in [2.05, 4.69) is 5.32 Å². The van der Waals surface area contributed by atoms with Crippen LogP contribution in [-0.4, -0.2) is 24.3 Å². The molecular formula is C26H24N2O5. The summed E-state index contributed by atoms with van der Waals surface area (Å²) in [6.45, 7) is 3.75. The molecule has 2 atom stereocenters. The lowest BCUT2D eigenvalue weighted by Crippen LogP contribution is -2.49. The summed E-state index contributed by atoms with van der Waals surface area (Å²) in [5.74, 6) is -1.53. The molecule has 168 valence electrons. The van der Waals surface area contributed by atoms with Gasteiger partial charge in [-0.1, -0.05) is 42.5 Å². The third-order valence-electron chi connectivity index (χ3n) is 6.68. The fraction of sp³-hybridized carbons (Fsp3) is 0.269. The molecule has 2 aromatic carbocycles. The number of nitrogens with one attached hydrogen (secondary N) is 1. The van der Waals surface area contributed by atoms with Crippen molar-refractivity contribution in [2.24, 2.45) is 5.73 Å². The van der Waals surface area contributed by atoms with Crippen LogP contribution in [0.5, 0.6) is 0 Å². The number of benzene rings is 2. The fourth-order valence-electron chi connectivity index (χ4n) is 5.36. The van der Waals surface area contributed by atoms with Crippen LogP contribution in [0.3, 0.4) is 0 Å². The van der Waals surface area contributed by atoms with Gasteiger partial charge in [0.05, 0.1) is 12.2 Å². The van der Waals surface area contributed by atoms with Crippen LogP contribution in [0, 0.1) is 6.92 Å². The largest absolute Gasteiger partial charge is 0.462 e. The third-order valence-corrected chi connectivity index (χ3v) is 6.68. The summed E-state index contributed by atoms with van der Waals surface area (Å²) in [4.78, 5) is 40.5. The van der Waals surface area contributed by atoms with Crippen LogP contribution >= 0.6 is 0 Å². The van der Waals surface area contributed by atoms with Crippen LogP contribution in [-0.2, 0) is 29.3 Å². The van der Waals surface area contributed by atoms with Gasteiger partial charge in [-0.3, -0.25) is 9.59 Å².